The van der Waals surface area contributed by atoms with E-state index < -0.39 is 11.5 Å². The van der Waals surface area contributed by atoms with E-state index in [0.717, 1.165) is 19.4 Å². The van der Waals surface area contributed by atoms with Gasteiger partial charge in [0.15, 0.2) is 0 Å². The molecular formula is C14H25N3O3. The lowest BCUT2D eigenvalue weighted by Gasteiger charge is -2.42. The minimum atomic E-state index is -0.491. The lowest BCUT2D eigenvalue weighted by Crippen LogP contribution is -2.60. The maximum Gasteiger partial charge on any atom is 0.245 e. The summed E-state index contributed by atoms with van der Waals surface area (Å²) >= 11 is 0. The summed E-state index contributed by atoms with van der Waals surface area (Å²) in [6, 6.07) is -0.491. The van der Waals surface area contributed by atoms with E-state index in [4.69, 9.17) is 4.74 Å². The molecule has 2 aliphatic heterocycles. The SMILES string of the molecule is CCNC(=O)C1COCCN1C(=O)C1(C)CCCNC1. The Morgan fingerprint density at radius 1 is 1.50 bits per heavy atom. The number of likely N-dealkylation sites (N-methyl/N-ethyl adjacent to an activating group) is 1. The molecule has 2 rings (SSSR count). The first kappa shape index (κ1) is 15.3. The Morgan fingerprint density at radius 2 is 2.30 bits per heavy atom. The van der Waals surface area contributed by atoms with Gasteiger partial charge in [0.05, 0.1) is 18.6 Å². The van der Waals surface area contributed by atoms with Crippen molar-refractivity contribution in [2.24, 2.45) is 5.41 Å². The van der Waals surface area contributed by atoms with Gasteiger partial charge in [-0.1, -0.05) is 0 Å². The Morgan fingerprint density at radius 3 is 2.95 bits per heavy atom. The second kappa shape index (κ2) is 6.54. The number of morpholine rings is 1. The van der Waals surface area contributed by atoms with Crippen LogP contribution < -0.4 is 10.6 Å². The minimum Gasteiger partial charge on any atom is -0.377 e. The highest BCUT2D eigenvalue weighted by Gasteiger charge is 2.42. The van der Waals surface area contributed by atoms with E-state index in [-0.39, 0.29) is 11.8 Å². The quantitative estimate of drug-likeness (QED) is 0.749. The zero-order valence-corrected chi connectivity index (χ0v) is 12.4. The van der Waals surface area contributed by atoms with Gasteiger partial charge < -0.3 is 20.3 Å². The van der Waals surface area contributed by atoms with Crippen LogP contribution in [0.25, 0.3) is 0 Å². The zero-order chi connectivity index (χ0) is 14.6. The first-order chi connectivity index (χ1) is 9.58. The van der Waals surface area contributed by atoms with Crippen molar-refractivity contribution < 1.29 is 14.3 Å². The Hall–Kier alpha value is -1.14. The van der Waals surface area contributed by atoms with E-state index in [1.54, 1.807) is 4.90 Å². The van der Waals surface area contributed by atoms with E-state index in [9.17, 15) is 9.59 Å². The number of rotatable bonds is 3. The van der Waals surface area contributed by atoms with E-state index in [1.807, 2.05) is 13.8 Å². The van der Waals surface area contributed by atoms with Crippen molar-refractivity contribution in [3.8, 4) is 0 Å². The molecule has 0 aromatic rings. The number of amides is 2. The van der Waals surface area contributed by atoms with Gasteiger partial charge in [-0.05, 0) is 33.2 Å². The second-order valence-corrected chi connectivity index (χ2v) is 5.82. The fourth-order valence-corrected chi connectivity index (χ4v) is 2.94. The van der Waals surface area contributed by atoms with Crippen LogP contribution in [0, 0.1) is 5.41 Å². The number of carbonyl (C=O) groups is 2. The largest absolute Gasteiger partial charge is 0.377 e. The fraction of sp³-hybridized carbons (Fsp3) is 0.857. The van der Waals surface area contributed by atoms with Gasteiger partial charge in [0.2, 0.25) is 11.8 Å². The van der Waals surface area contributed by atoms with Gasteiger partial charge in [0.25, 0.3) is 0 Å². The average Bonchev–Trinajstić information content (AvgIpc) is 2.47. The maximum atomic E-state index is 12.8. The highest BCUT2D eigenvalue weighted by atomic mass is 16.5. The average molecular weight is 283 g/mol. The van der Waals surface area contributed by atoms with Crippen molar-refractivity contribution >= 4 is 11.8 Å². The zero-order valence-electron chi connectivity index (χ0n) is 12.4. The van der Waals surface area contributed by atoms with Crippen molar-refractivity contribution in [2.45, 2.75) is 32.7 Å². The third-order valence-corrected chi connectivity index (χ3v) is 4.16. The molecule has 0 radical (unpaired) electrons. The molecule has 2 amide bonds. The van der Waals surface area contributed by atoms with Crippen LogP contribution in [0.3, 0.4) is 0 Å². The van der Waals surface area contributed by atoms with Crippen LogP contribution in [0.15, 0.2) is 0 Å². The molecule has 0 aromatic heterocycles. The van der Waals surface area contributed by atoms with Crippen LogP contribution in [0.1, 0.15) is 26.7 Å². The summed E-state index contributed by atoms with van der Waals surface area (Å²) in [4.78, 5) is 26.7. The molecule has 0 aromatic carbocycles. The van der Waals surface area contributed by atoms with E-state index in [0.29, 0.717) is 32.8 Å². The number of carbonyl (C=O) groups excluding carboxylic acids is 2. The smallest absolute Gasteiger partial charge is 0.245 e. The predicted molar refractivity (Wildman–Crippen MR) is 75.2 cm³/mol. The van der Waals surface area contributed by atoms with Gasteiger partial charge in [-0.25, -0.2) is 0 Å². The van der Waals surface area contributed by atoms with Crippen molar-refractivity contribution in [2.75, 3.05) is 39.4 Å². The monoisotopic (exact) mass is 283 g/mol. The molecule has 114 valence electrons. The van der Waals surface area contributed by atoms with Gasteiger partial charge in [-0.2, -0.15) is 0 Å². The second-order valence-electron chi connectivity index (χ2n) is 5.82. The molecule has 0 saturated carbocycles. The van der Waals surface area contributed by atoms with Crippen molar-refractivity contribution in [3.63, 3.8) is 0 Å². The van der Waals surface area contributed by atoms with Crippen molar-refractivity contribution in [1.29, 1.82) is 0 Å². The molecule has 0 aliphatic carbocycles. The number of ether oxygens (including phenoxy) is 1. The summed E-state index contributed by atoms with van der Waals surface area (Å²) in [5.74, 6) is -0.0443. The molecule has 6 heteroatoms. The van der Waals surface area contributed by atoms with Crippen LogP contribution >= 0.6 is 0 Å². The minimum absolute atomic E-state index is 0.0734. The van der Waals surface area contributed by atoms with Gasteiger partial charge in [-0.3, -0.25) is 9.59 Å². The number of hydrogen-bond donors (Lipinski definition) is 2. The highest BCUT2D eigenvalue weighted by molar-refractivity contribution is 5.90. The van der Waals surface area contributed by atoms with Gasteiger partial charge in [-0.15, -0.1) is 0 Å². The van der Waals surface area contributed by atoms with Gasteiger partial charge in [0, 0.05) is 19.6 Å². The molecule has 2 unspecified atom stereocenters. The molecule has 2 aliphatic rings. The van der Waals surface area contributed by atoms with E-state index in [2.05, 4.69) is 10.6 Å². The highest BCUT2D eigenvalue weighted by Crippen LogP contribution is 2.29. The molecule has 0 spiro atoms. The van der Waals surface area contributed by atoms with Crippen molar-refractivity contribution in [3.05, 3.63) is 0 Å². The predicted octanol–water partition coefficient (Wildman–Crippen LogP) is -0.260. The Labute approximate surface area is 120 Å². The lowest BCUT2D eigenvalue weighted by atomic mass is 9.81. The molecule has 2 heterocycles. The fourth-order valence-electron chi connectivity index (χ4n) is 2.94. The Bertz CT molecular complexity index is 367. The van der Waals surface area contributed by atoms with Crippen LogP contribution in [-0.2, 0) is 14.3 Å². The normalized spacial score (nSPS) is 30.9. The van der Waals surface area contributed by atoms with Gasteiger partial charge >= 0.3 is 0 Å². The third kappa shape index (κ3) is 3.12. The van der Waals surface area contributed by atoms with Crippen molar-refractivity contribution in [1.82, 2.24) is 15.5 Å². The molecule has 20 heavy (non-hydrogen) atoms. The first-order valence-corrected chi connectivity index (χ1v) is 7.46. The summed E-state index contributed by atoms with van der Waals surface area (Å²) < 4.78 is 5.38. The van der Waals surface area contributed by atoms with Crippen LogP contribution in [-0.4, -0.2) is 62.1 Å². The summed E-state index contributed by atoms with van der Waals surface area (Å²) in [5.41, 5.74) is -0.402. The Kier molecular flexibility index (Phi) is 4.99. The molecule has 6 nitrogen and oxygen atoms in total. The number of nitrogens with one attached hydrogen (secondary N) is 2. The molecule has 2 fully saturated rings. The number of nitrogens with zero attached hydrogens (tertiary/aromatic N) is 1. The first-order valence-electron chi connectivity index (χ1n) is 7.46. The maximum absolute atomic E-state index is 12.8. The summed E-state index contributed by atoms with van der Waals surface area (Å²) in [7, 11) is 0. The van der Waals surface area contributed by atoms with Gasteiger partial charge in [0.1, 0.15) is 6.04 Å². The topological polar surface area (TPSA) is 70.7 Å². The summed E-state index contributed by atoms with van der Waals surface area (Å²) in [5, 5.41) is 6.07. The molecule has 2 N–H and O–H groups in total. The molecule has 0 bridgehead atoms. The van der Waals surface area contributed by atoms with E-state index in [1.165, 1.54) is 0 Å². The summed E-state index contributed by atoms with van der Waals surface area (Å²) in [6.45, 7) is 7.38. The Balaban J connectivity index is 2.10. The van der Waals surface area contributed by atoms with Crippen LogP contribution in [0.4, 0.5) is 0 Å². The van der Waals surface area contributed by atoms with E-state index >= 15 is 0 Å². The van der Waals surface area contributed by atoms with Crippen LogP contribution in [0.5, 0.6) is 0 Å². The molecule has 2 saturated heterocycles. The third-order valence-electron chi connectivity index (χ3n) is 4.16. The number of hydrogen-bond acceptors (Lipinski definition) is 4. The molecule has 2 atom stereocenters. The standard InChI is InChI=1S/C14H25N3O3/c1-3-16-12(18)11-9-20-8-7-17(11)13(19)14(2)5-4-6-15-10-14/h11,15H,3-10H2,1-2H3,(H,16,18). The molecular weight excluding hydrogens is 258 g/mol. The number of piperidine rings is 1. The van der Waals surface area contributed by atoms with Crippen LogP contribution in [0.2, 0.25) is 0 Å². The summed E-state index contributed by atoms with van der Waals surface area (Å²) in [6.07, 6.45) is 1.87. The lowest BCUT2D eigenvalue weighted by molar-refractivity contribution is -0.156.